The van der Waals surface area contributed by atoms with E-state index in [1.54, 1.807) is 13.3 Å². The standard InChI is InChI=1S/C13H15ClN2O/c1-17-12-4-2-10(3-5-12)8-11(14)9-13-15-6-7-16-13/h2-7,11H,8-9H2,1H3,(H,15,16). The number of methoxy groups -OCH3 is 1. The highest BCUT2D eigenvalue weighted by Crippen LogP contribution is 2.16. The summed E-state index contributed by atoms with van der Waals surface area (Å²) < 4.78 is 5.11. The molecule has 0 saturated carbocycles. The van der Waals surface area contributed by atoms with Crippen molar-refractivity contribution in [3.8, 4) is 5.75 Å². The minimum Gasteiger partial charge on any atom is -0.497 e. The Morgan fingerprint density at radius 1 is 1.29 bits per heavy atom. The molecule has 0 amide bonds. The summed E-state index contributed by atoms with van der Waals surface area (Å²) in [6.07, 6.45) is 5.13. The molecule has 4 heteroatoms. The lowest BCUT2D eigenvalue weighted by Gasteiger charge is -2.08. The highest BCUT2D eigenvalue weighted by Gasteiger charge is 2.08. The number of halogens is 1. The van der Waals surface area contributed by atoms with E-state index in [4.69, 9.17) is 16.3 Å². The van der Waals surface area contributed by atoms with Crippen LogP contribution >= 0.6 is 11.6 Å². The topological polar surface area (TPSA) is 37.9 Å². The van der Waals surface area contributed by atoms with Crippen LogP contribution in [0.3, 0.4) is 0 Å². The molecule has 0 radical (unpaired) electrons. The molecule has 0 aliphatic rings. The van der Waals surface area contributed by atoms with Gasteiger partial charge < -0.3 is 9.72 Å². The first-order chi connectivity index (χ1) is 8.28. The van der Waals surface area contributed by atoms with Crippen LogP contribution in [0.25, 0.3) is 0 Å². The van der Waals surface area contributed by atoms with Crippen molar-refractivity contribution in [3.05, 3.63) is 48.0 Å². The fraction of sp³-hybridized carbons (Fsp3) is 0.308. The molecule has 1 N–H and O–H groups in total. The van der Waals surface area contributed by atoms with Gasteiger partial charge in [-0.1, -0.05) is 12.1 Å². The van der Waals surface area contributed by atoms with E-state index in [1.165, 1.54) is 5.56 Å². The first-order valence-electron chi connectivity index (χ1n) is 5.53. The van der Waals surface area contributed by atoms with Crippen molar-refractivity contribution < 1.29 is 4.74 Å². The van der Waals surface area contributed by atoms with Gasteiger partial charge in [-0.25, -0.2) is 4.98 Å². The van der Waals surface area contributed by atoms with E-state index in [0.29, 0.717) is 0 Å². The third-order valence-electron chi connectivity index (χ3n) is 2.59. The highest BCUT2D eigenvalue weighted by molar-refractivity contribution is 6.20. The van der Waals surface area contributed by atoms with Gasteiger partial charge in [-0.3, -0.25) is 0 Å². The number of hydrogen-bond acceptors (Lipinski definition) is 2. The number of alkyl halides is 1. The molecule has 2 aromatic rings. The Morgan fingerprint density at radius 2 is 2.06 bits per heavy atom. The zero-order valence-electron chi connectivity index (χ0n) is 9.69. The molecule has 3 nitrogen and oxygen atoms in total. The van der Waals surface area contributed by atoms with Crippen molar-refractivity contribution in [1.82, 2.24) is 9.97 Å². The number of nitrogens with one attached hydrogen (secondary N) is 1. The van der Waals surface area contributed by atoms with Gasteiger partial charge in [-0.15, -0.1) is 11.6 Å². The number of rotatable bonds is 5. The summed E-state index contributed by atoms with van der Waals surface area (Å²) >= 11 is 6.29. The maximum Gasteiger partial charge on any atom is 0.118 e. The van der Waals surface area contributed by atoms with Crippen LogP contribution in [-0.2, 0) is 12.8 Å². The number of aromatic nitrogens is 2. The third kappa shape index (κ3) is 3.49. The maximum atomic E-state index is 6.29. The van der Waals surface area contributed by atoms with Crippen molar-refractivity contribution in [2.24, 2.45) is 0 Å². The Hall–Kier alpha value is -1.48. The van der Waals surface area contributed by atoms with E-state index in [9.17, 15) is 0 Å². The number of H-pyrrole nitrogens is 1. The first-order valence-corrected chi connectivity index (χ1v) is 5.97. The van der Waals surface area contributed by atoms with E-state index in [0.717, 1.165) is 24.4 Å². The summed E-state index contributed by atoms with van der Waals surface area (Å²) in [6, 6.07) is 7.98. The lowest BCUT2D eigenvalue weighted by atomic mass is 10.1. The van der Waals surface area contributed by atoms with Crippen LogP contribution in [0.1, 0.15) is 11.4 Å². The highest BCUT2D eigenvalue weighted by atomic mass is 35.5. The van der Waals surface area contributed by atoms with Crippen LogP contribution in [0.4, 0.5) is 0 Å². The van der Waals surface area contributed by atoms with Crippen molar-refractivity contribution in [2.75, 3.05) is 7.11 Å². The Bertz CT molecular complexity index is 439. The number of aromatic amines is 1. The van der Waals surface area contributed by atoms with E-state index >= 15 is 0 Å². The SMILES string of the molecule is COc1ccc(CC(Cl)Cc2ncc[nH]2)cc1. The van der Waals surface area contributed by atoms with E-state index in [-0.39, 0.29) is 5.38 Å². The monoisotopic (exact) mass is 250 g/mol. The van der Waals surface area contributed by atoms with Crippen LogP contribution in [0.2, 0.25) is 0 Å². The Balaban J connectivity index is 1.91. The molecule has 1 heterocycles. The second-order valence-corrected chi connectivity index (χ2v) is 4.51. The van der Waals surface area contributed by atoms with Crippen LogP contribution in [0.5, 0.6) is 5.75 Å². The molecule has 1 unspecified atom stereocenters. The van der Waals surface area contributed by atoms with Gasteiger partial charge in [0.2, 0.25) is 0 Å². The molecule has 0 spiro atoms. The van der Waals surface area contributed by atoms with E-state index < -0.39 is 0 Å². The van der Waals surface area contributed by atoms with Crippen LogP contribution in [0.15, 0.2) is 36.7 Å². The summed E-state index contributed by atoms with van der Waals surface area (Å²) in [5.74, 6) is 1.80. The molecular formula is C13H15ClN2O. The molecule has 0 aliphatic carbocycles. The van der Waals surface area contributed by atoms with Gasteiger partial charge >= 0.3 is 0 Å². The molecule has 0 bridgehead atoms. The van der Waals surface area contributed by atoms with Gasteiger partial charge in [0.15, 0.2) is 0 Å². The summed E-state index contributed by atoms with van der Waals surface area (Å²) in [5.41, 5.74) is 1.21. The van der Waals surface area contributed by atoms with Crippen molar-refractivity contribution in [3.63, 3.8) is 0 Å². The zero-order valence-corrected chi connectivity index (χ0v) is 10.4. The lowest BCUT2D eigenvalue weighted by Crippen LogP contribution is -2.08. The van der Waals surface area contributed by atoms with Gasteiger partial charge in [0.25, 0.3) is 0 Å². The quantitative estimate of drug-likeness (QED) is 0.829. The Kier molecular flexibility index (Phi) is 4.04. The molecule has 0 saturated heterocycles. The first kappa shape index (κ1) is 12.0. The smallest absolute Gasteiger partial charge is 0.118 e. The minimum atomic E-state index is 0.0505. The normalized spacial score (nSPS) is 12.4. The van der Waals surface area contributed by atoms with Crippen LogP contribution < -0.4 is 4.74 Å². The summed E-state index contributed by atoms with van der Waals surface area (Å²) in [5, 5.41) is 0.0505. The predicted octanol–water partition coefficient (Wildman–Crippen LogP) is 2.81. The van der Waals surface area contributed by atoms with Crippen LogP contribution in [0, 0.1) is 0 Å². The summed E-state index contributed by atoms with van der Waals surface area (Å²) in [4.78, 5) is 7.22. The predicted molar refractivity (Wildman–Crippen MR) is 68.6 cm³/mol. The third-order valence-corrected chi connectivity index (χ3v) is 2.89. The molecule has 1 aromatic carbocycles. The van der Waals surface area contributed by atoms with Crippen molar-refractivity contribution in [1.29, 1.82) is 0 Å². The number of hydrogen-bond donors (Lipinski definition) is 1. The van der Waals surface area contributed by atoms with Crippen molar-refractivity contribution >= 4 is 11.6 Å². The van der Waals surface area contributed by atoms with Gasteiger partial charge in [0.05, 0.1) is 7.11 Å². The second-order valence-electron chi connectivity index (χ2n) is 3.89. The number of nitrogens with zero attached hydrogens (tertiary/aromatic N) is 1. The van der Waals surface area contributed by atoms with Crippen molar-refractivity contribution in [2.45, 2.75) is 18.2 Å². The number of imidazole rings is 1. The molecular weight excluding hydrogens is 236 g/mol. The fourth-order valence-corrected chi connectivity index (χ4v) is 2.03. The molecule has 17 heavy (non-hydrogen) atoms. The van der Waals surface area contributed by atoms with Crippen LogP contribution in [-0.4, -0.2) is 22.5 Å². The number of benzene rings is 1. The average molecular weight is 251 g/mol. The Morgan fingerprint density at radius 3 is 2.65 bits per heavy atom. The maximum absolute atomic E-state index is 6.29. The Labute approximate surface area is 106 Å². The molecule has 90 valence electrons. The molecule has 0 fully saturated rings. The second kappa shape index (κ2) is 5.73. The lowest BCUT2D eigenvalue weighted by molar-refractivity contribution is 0.414. The van der Waals surface area contributed by atoms with Gasteiger partial charge in [-0.2, -0.15) is 0 Å². The molecule has 1 atom stereocenters. The summed E-state index contributed by atoms with van der Waals surface area (Å²) in [7, 11) is 1.66. The molecule has 2 rings (SSSR count). The molecule has 0 aliphatic heterocycles. The average Bonchev–Trinajstić information content (AvgIpc) is 2.82. The molecule has 1 aromatic heterocycles. The fourth-order valence-electron chi connectivity index (χ4n) is 1.71. The number of ether oxygens (including phenoxy) is 1. The van der Waals surface area contributed by atoms with Gasteiger partial charge in [-0.05, 0) is 24.1 Å². The van der Waals surface area contributed by atoms with Gasteiger partial charge in [0, 0.05) is 24.2 Å². The van der Waals surface area contributed by atoms with E-state index in [2.05, 4.69) is 9.97 Å². The zero-order chi connectivity index (χ0) is 12.1. The van der Waals surface area contributed by atoms with Gasteiger partial charge in [0.1, 0.15) is 11.6 Å². The van der Waals surface area contributed by atoms with E-state index in [1.807, 2.05) is 30.5 Å². The minimum absolute atomic E-state index is 0.0505. The largest absolute Gasteiger partial charge is 0.497 e. The summed E-state index contributed by atoms with van der Waals surface area (Å²) in [6.45, 7) is 0.